The van der Waals surface area contributed by atoms with Crippen LogP contribution in [0.15, 0.2) is 54.6 Å². The van der Waals surface area contributed by atoms with Gasteiger partial charge in [-0.05, 0) is 54.7 Å². The molecular formula is C22H15Cl3N4O2S. The summed E-state index contributed by atoms with van der Waals surface area (Å²) >= 11 is 23.8. The van der Waals surface area contributed by atoms with Crippen LogP contribution in [0.1, 0.15) is 10.4 Å². The van der Waals surface area contributed by atoms with Gasteiger partial charge >= 0.3 is 0 Å². The van der Waals surface area contributed by atoms with Gasteiger partial charge in [0.25, 0.3) is 5.91 Å². The number of nitrogens with one attached hydrogen (secondary N) is 3. The summed E-state index contributed by atoms with van der Waals surface area (Å²) in [4.78, 5) is 20.6. The van der Waals surface area contributed by atoms with Crippen molar-refractivity contribution in [2.75, 3.05) is 12.4 Å². The van der Waals surface area contributed by atoms with Gasteiger partial charge < -0.3 is 15.0 Å². The molecule has 0 bridgehead atoms. The van der Waals surface area contributed by atoms with Gasteiger partial charge in [-0.25, -0.2) is 4.98 Å². The molecule has 3 aromatic carbocycles. The summed E-state index contributed by atoms with van der Waals surface area (Å²) < 4.78 is 5.21. The van der Waals surface area contributed by atoms with Gasteiger partial charge in [-0.15, -0.1) is 0 Å². The quantitative estimate of drug-likeness (QED) is 0.283. The van der Waals surface area contributed by atoms with Crippen molar-refractivity contribution in [3.8, 4) is 17.1 Å². The van der Waals surface area contributed by atoms with Crippen molar-refractivity contribution in [2.24, 2.45) is 0 Å². The maximum absolute atomic E-state index is 12.7. The number of thiocarbonyl (C=S) groups is 1. The number of carbonyl (C=O) groups excluding carboxylic acids is 1. The van der Waals surface area contributed by atoms with E-state index in [1.165, 1.54) is 19.2 Å². The Balaban J connectivity index is 1.55. The predicted molar refractivity (Wildman–Crippen MR) is 133 cm³/mol. The summed E-state index contributed by atoms with van der Waals surface area (Å²) in [6, 6.07) is 16.0. The Morgan fingerprint density at radius 2 is 1.84 bits per heavy atom. The monoisotopic (exact) mass is 504 g/mol. The zero-order valence-corrected chi connectivity index (χ0v) is 19.6. The number of ether oxygens (including phenoxy) is 1. The summed E-state index contributed by atoms with van der Waals surface area (Å²) in [5.74, 6) is 0.341. The number of aromatic amines is 1. The van der Waals surface area contributed by atoms with Crippen molar-refractivity contribution >= 4 is 74.8 Å². The van der Waals surface area contributed by atoms with Crippen molar-refractivity contribution < 1.29 is 9.53 Å². The number of para-hydroxylation sites is 2. The summed E-state index contributed by atoms with van der Waals surface area (Å²) in [7, 11) is 1.41. The van der Waals surface area contributed by atoms with Crippen LogP contribution < -0.4 is 15.4 Å². The van der Waals surface area contributed by atoms with Gasteiger partial charge in [0.05, 0.1) is 39.4 Å². The van der Waals surface area contributed by atoms with Gasteiger partial charge in [0, 0.05) is 10.6 Å². The van der Waals surface area contributed by atoms with Gasteiger partial charge in [0.2, 0.25) is 0 Å². The Bertz CT molecular complexity index is 1320. The Morgan fingerprint density at radius 3 is 2.59 bits per heavy atom. The molecule has 0 saturated carbocycles. The lowest BCUT2D eigenvalue weighted by Crippen LogP contribution is -2.34. The fourth-order valence-electron chi connectivity index (χ4n) is 3.12. The smallest absolute Gasteiger partial charge is 0.261 e. The van der Waals surface area contributed by atoms with Crippen molar-refractivity contribution in [3.63, 3.8) is 0 Å². The summed E-state index contributed by atoms with van der Waals surface area (Å²) in [5.41, 5.74) is 3.22. The second-order valence-electron chi connectivity index (χ2n) is 6.67. The second-order valence-corrected chi connectivity index (χ2v) is 8.33. The number of imidazole rings is 1. The number of nitrogens with zero attached hydrogens (tertiary/aromatic N) is 1. The van der Waals surface area contributed by atoms with E-state index in [-0.39, 0.29) is 21.4 Å². The Morgan fingerprint density at radius 1 is 1.06 bits per heavy atom. The minimum Gasteiger partial charge on any atom is -0.494 e. The molecule has 0 aliphatic carbocycles. The van der Waals surface area contributed by atoms with Crippen LogP contribution in [0.4, 0.5) is 5.69 Å². The first kappa shape index (κ1) is 22.4. The average Bonchev–Trinajstić information content (AvgIpc) is 3.19. The van der Waals surface area contributed by atoms with Crippen molar-refractivity contribution in [1.29, 1.82) is 0 Å². The number of benzene rings is 3. The molecule has 0 unspecified atom stereocenters. The number of hydrogen-bond donors (Lipinski definition) is 3. The van der Waals surface area contributed by atoms with Crippen LogP contribution in [0.5, 0.6) is 5.75 Å². The number of amides is 1. The van der Waals surface area contributed by atoms with Gasteiger partial charge in [-0.3, -0.25) is 10.1 Å². The zero-order valence-electron chi connectivity index (χ0n) is 16.5. The predicted octanol–water partition coefficient (Wildman–Crippen LogP) is 6.33. The normalized spacial score (nSPS) is 10.8. The number of aromatic nitrogens is 2. The van der Waals surface area contributed by atoms with Gasteiger partial charge in [0.15, 0.2) is 5.11 Å². The van der Waals surface area contributed by atoms with Gasteiger partial charge in [-0.2, -0.15) is 0 Å². The third-order valence-electron chi connectivity index (χ3n) is 4.56. The van der Waals surface area contributed by atoms with E-state index in [9.17, 15) is 4.79 Å². The Labute approximate surface area is 203 Å². The van der Waals surface area contributed by atoms with E-state index in [0.29, 0.717) is 21.6 Å². The minimum atomic E-state index is -0.534. The maximum Gasteiger partial charge on any atom is 0.261 e. The summed E-state index contributed by atoms with van der Waals surface area (Å²) in [6.07, 6.45) is 0. The van der Waals surface area contributed by atoms with Crippen LogP contribution in [0.25, 0.3) is 22.4 Å². The lowest BCUT2D eigenvalue weighted by Gasteiger charge is -2.14. The van der Waals surface area contributed by atoms with Gasteiger partial charge in [-0.1, -0.05) is 46.9 Å². The number of halogens is 3. The maximum atomic E-state index is 12.7. The molecule has 1 amide bonds. The molecule has 0 spiro atoms. The van der Waals surface area contributed by atoms with E-state index >= 15 is 0 Å². The first-order valence-corrected chi connectivity index (χ1v) is 10.8. The van der Waals surface area contributed by atoms with Gasteiger partial charge in [0.1, 0.15) is 11.6 Å². The molecular weight excluding hydrogens is 491 g/mol. The third-order valence-corrected chi connectivity index (χ3v) is 5.59. The van der Waals surface area contributed by atoms with Crippen LogP contribution in [0.3, 0.4) is 0 Å². The largest absolute Gasteiger partial charge is 0.494 e. The van der Waals surface area contributed by atoms with Crippen LogP contribution in [0, 0.1) is 0 Å². The molecule has 32 heavy (non-hydrogen) atoms. The second kappa shape index (κ2) is 9.34. The molecule has 3 N–H and O–H groups in total. The number of carbonyl (C=O) groups is 1. The van der Waals surface area contributed by atoms with E-state index in [4.69, 9.17) is 51.8 Å². The molecule has 0 aliphatic heterocycles. The van der Waals surface area contributed by atoms with E-state index in [0.717, 1.165) is 16.6 Å². The molecule has 4 aromatic rings. The molecule has 1 aromatic heterocycles. The first-order valence-electron chi connectivity index (χ1n) is 9.25. The highest BCUT2D eigenvalue weighted by atomic mass is 35.5. The van der Waals surface area contributed by atoms with E-state index < -0.39 is 5.91 Å². The molecule has 0 aliphatic rings. The first-order chi connectivity index (χ1) is 15.4. The molecule has 10 heteroatoms. The minimum absolute atomic E-state index is 0.0387. The highest BCUT2D eigenvalue weighted by molar-refractivity contribution is 7.80. The lowest BCUT2D eigenvalue weighted by atomic mass is 10.2. The fourth-order valence-corrected chi connectivity index (χ4v) is 4.06. The molecule has 0 fully saturated rings. The molecule has 0 saturated heterocycles. The van der Waals surface area contributed by atoms with Crippen molar-refractivity contribution in [2.45, 2.75) is 0 Å². The Kier molecular flexibility index (Phi) is 6.53. The van der Waals surface area contributed by atoms with Crippen molar-refractivity contribution in [3.05, 3.63) is 75.2 Å². The van der Waals surface area contributed by atoms with Crippen LogP contribution >= 0.6 is 47.0 Å². The standard InChI is InChI=1S/C22H15Cl3N4O2S/c1-31-19-13(9-12(23)10-15(19)25)21(30)29-22(32)28-18-8-11(6-7-14(18)24)20-26-16-4-2-3-5-17(16)27-20/h2-10H,1H3,(H,26,27)(H2,28,29,30,32). The molecule has 0 atom stereocenters. The summed E-state index contributed by atoms with van der Waals surface area (Å²) in [6.45, 7) is 0. The van der Waals surface area contributed by atoms with Crippen LogP contribution in [0.2, 0.25) is 15.1 Å². The van der Waals surface area contributed by atoms with E-state index in [2.05, 4.69) is 20.6 Å². The fraction of sp³-hybridized carbons (Fsp3) is 0.0455. The highest BCUT2D eigenvalue weighted by Gasteiger charge is 2.18. The molecule has 0 radical (unpaired) electrons. The average molecular weight is 506 g/mol. The zero-order chi connectivity index (χ0) is 22.8. The van der Waals surface area contributed by atoms with Crippen molar-refractivity contribution in [1.82, 2.24) is 15.3 Å². The number of hydrogen-bond acceptors (Lipinski definition) is 4. The van der Waals surface area contributed by atoms with Crippen LogP contribution in [-0.2, 0) is 0 Å². The summed E-state index contributed by atoms with van der Waals surface area (Å²) in [5, 5.41) is 6.49. The number of rotatable bonds is 4. The Hall–Kier alpha value is -2.84. The van der Waals surface area contributed by atoms with E-state index in [1.807, 2.05) is 30.3 Å². The SMILES string of the molecule is COc1c(Cl)cc(Cl)cc1C(=O)NC(=S)Nc1cc(-c2nc3ccccc3[nH]2)ccc1Cl. The molecule has 1 heterocycles. The van der Waals surface area contributed by atoms with E-state index in [1.54, 1.807) is 12.1 Å². The third kappa shape index (κ3) is 4.66. The van der Waals surface area contributed by atoms with Crippen LogP contribution in [-0.4, -0.2) is 28.1 Å². The number of H-pyrrole nitrogens is 1. The number of methoxy groups -OCH3 is 1. The molecule has 162 valence electrons. The number of fused-ring (bicyclic) bond motifs is 1. The lowest BCUT2D eigenvalue weighted by molar-refractivity contribution is 0.0975. The topological polar surface area (TPSA) is 79.0 Å². The molecule has 4 rings (SSSR count). The molecule has 6 nitrogen and oxygen atoms in total. The number of anilines is 1. The highest BCUT2D eigenvalue weighted by Crippen LogP contribution is 2.32.